The molecule has 0 spiro atoms. The summed E-state index contributed by atoms with van der Waals surface area (Å²) < 4.78 is 39.3. The SMILES string of the molecule is COc1cc(COC(=O)c2csc(-c3cccc(Cl)c3)n2)ccc1OC(F)F. The molecule has 0 unspecified atom stereocenters. The molecule has 0 bridgehead atoms. The number of rotatable bonds is 7. The normalized spacial score (nSPS) is 10.8. The van der Waals surface area contributed by atoms with Gasteiger partial charge in [-0.2, -0.15) is 8.78 Å². The topological polar surface area (TPSA) is 57.7 Å². The molecular formula is C19H14ClF2NO4S. The van der Waals surface area contributed by atoms with Crippen molar-refractivity contribution in [3.05, 3.63) is 64.1 Å². The number of ether oxygens (including phenoxy) is 3. The Morgan fingerprint density at radius 3 is 2.75 bits per heavy atom. The van der Waals surface area contributed by atoms with E-state index in [1.54, 1.807) is 23.6 Å². The van der Waals surface area contributed by atoms with Crippen LogP contribution in [-0.4, -0.2) is 24.7 Å². The minimum absolute atomic E-state index is 0.0752. The van der Waals surface area contributed by atoms with Gasteiger partial charge in [-0.15, -0.1) is 11.3 Å². The fourth-order valence-electron chi connectivity index (χ4n) is 2.34. The van der Waals surface area contributed by atoms with Crippen LogP contribution >= 0.6 is 22.9 Å². The molecule has 2 aromatic carbocycles. The van der Waals surface area contributed by atoms with Gasteiger partial charge in [-0.1, -0.05) is 29.8 Å². The van der Waals surface area contributed by atoms with Crippen LogP contribution < -0.4 is 9.47 Å². The maximum atomic E-state index is 12.4. The van der Waals surface area contributed by atoms with Crippen molar-refractivity contribution in [2.45, 2.75) is 13.2 Å². The molecule has 1 aromatic heterocycles. The van der Waals surface area contributed by atoms with Crippen LogP contribution in [0.25, 0.3) is 10.6 Å². The van der Waals surface area contributed by atoms with Crippen molar-refractivity contribution in [3.8, 4) is 22.1 Å². The fraction of sp³-hybridized carbons (Fsp3) is 0.158. The molecule has 0 radical (unpaired) electrons. The van der Waals surface area contributed by atoms with Gasteiger partial charge in [-0.25, -0.2) is 9.78 Å². The molecule has 5 nitrogen and oxygen atoms in total. The largest absolute Gasteiger partial charge is 0.493 e. The Kier molecular flexibility index (Phi) is 6.43. The van der Waals surface area contributed by atoms with Crippen molar-refractivity contribution in [2.75, 3.05) is 7.11 Å². The highest BCUT2D eigenvalue weighted by Gasteiger charge is 2.15. The molecule has 3 rings (SSSR count). The molecular weight excluding hydrogens is 412 g/mol. The number of aromatic nitrogens is 1. The fourth-order valence-corrected chi connectivity index (χ4v) is 3.32. The maximum Gasteiger partial charge on any atom is 0.387 e. The van der Waals surface area contributed by atoms with Gasteiger partial charge in [0.25, 0.3) is 0 Å². The Balaban J connectivity index is 1.66. The number of thiazole rings is 1. The summed E-state index contributed by atoms with van der Waals surface area (Å²) in [4.78, 5) is 16.5. The molecule has 146 valence electrons. The van der Waals surface area contributed by atoms with E-state index >= 15 is 0 Å². The second-order valence-corrected chi connectivity index (χ2v) is 6.78. The zero-order valence-corrected chi connectivity index (χ0v) is 16.1. The summed E-state index contributed by atoms with van der Waals surface area (Å²) in [7, 11) is 1.33. The van der Waals surface area contributed by atoms with E-state index in [0.717, 1.165) is 5.56 Å². The van der Waals surface area contributed by atoms with Gasteiger partial charge in [0.15, 0.2) is 17.2 Å². The van der Waals surface area contributed by atoms with Crippen LogP contribution in [0, 0.1) is 0 Å². The molecule has 0 aliphatic heterocycles. The number of hydrogen-bond donors (Lipinski definition) is 0. The lowest BCUT2D eigenvalue weighted by Gasteiger charge is -2.11. The first-order valence-corrected chi connectivity index (χ1v) is 9.22. The van der Waals surface area contributed by atoms with Gasteiger partial charge in [0.05, 0.1) is 7.11 Å². The Bertz CT molecular complexity index is 980. The summed E-state index contributed by atoms with van der Waals surface area (Å²) in [5.41, 5.74) is 1.53. The molecule has 0 saturated heterocycles. The lowest BCUT2D eigenvalue weighted by atomic mass is 10.2. The van der Waals surface area contributed by atoms with Crippen molar-refractivity contribution in [1.82, 2.24) is 4.98 Å². The second kappa shape index (κ2) is 8.99. The van der Waals surface area contributed by atoms with Crippen LogP contribution in [0.3, 0.4) is 0 Å². The Morgan fingerprint density at radius 1 is 1.21 bits per heavy atom. The van der Waals surface area contributed by atoms with Crippen molar-refractivity contribution < 1.29 is 27.8 Å². The van der Waals surface area contributed by atoms with Crippen molar-refractivity contribution in [2.24, 2.45) is 0 Å². The van der Waals surface area contributed by atoms with Crippen LogP contribution in [0.4, 0.5) is 8.78 Å². The van der Waals surface area contributed by atoms with Crippen molar-refractivity contribution in [1.29, 1.82) is 0 Å². The van der Waals surface area contributed by atoms with Gasteiger partial charge < -0.3 is 14.2 Å². The first kappa shape index (κ1) is 20.0. The average molecular weight is 426 g/mol. The number of benzene rings is 2. The lowest BCUT2D eigenvalue weighted by molar-refractivity contribution is -0.0512. The summed E-state index contributed by atoms with van der Waals surface area (Å²) in [6, 6.07) is 11.4. The van der Waals surface area contributed by atoms with Gasteiger partial charge in [-0.3, -0.25) is 0 Å². The lowest BCUT2D eigenvalue weighted by Crippen LogP contribution is -2.07. The van der Waals surface area contributed by atoms with Crippen molar-refractivity contribution >= 4 is 28.9 Å². The Labute approximate surface area is 168 Å². The summed E-state index contributed by atoms with van der Waals surface area (Å²) in [5.74, 6) is -0.583. The average Bonchev–Trinajstić information content (AvgIpc) is 3.17. The zero-order valence-electron chi connectivity index (χ0n) is 14.5. The Morgan fingerprint density at radius 2 is 2.04 bits per heavy atom. The monoisotopic (exact) mass is 425 g/mol. The molecule has 3 aromatic rings. The predicted octanol–water partition coefficient (Wildman–Crippen LogP) is 5.43. The molecule has 1 heterocycles. The van der Waals surface area contributed by atoms with E-state index < -0.39 is 12.6 Å². The van der Waals surface area contributed by atoms with Crippen LogP contribution in [0.2, 0.25) is 5.02 Å². The van der Waals surface area contributed by atoms with Crippen LogP contribution in [-0.2, 0) is 11.3 Å². The number of esters is 1. The molecule has 0 aliphatic rings. The first-order chi connectivity index (χ1) is 13.5. The third kappa shape index (κ3) is 4.96. The molecule has 0 fully saturated rings. The third-order valence-corrected chi connectivity index (χ3v) is 4.73. The molecule has 0 N–H and O–H groups in total. The van der Waals surface area contributed by atoms with Crippen LogP contribution in [0.15, 0.2) is 47.8 Å². The van der Waals surface area contributed by atoms with E-state index in [1.165, 1.54) is 36.6 Å². The zero-order chi connectivity index (χ0) is 20.1. The van der Waals surface area contributed by atoms with Gasteiger partial charge in [0, 0.05) is 16.0 Å². The van der Waals surface area contributed by atoms with Crippen LogP contribution in [0.1, 0.15) is 16.1 Å². The van der Waals surface area contributed by atoms with E-state index in [4.69, 9.17) is 21.1 Å². The number of halogens is 3. The van der Waals surface area contributed by atoms with Gasteiger partial charge in [-0.05, 0) is 29.8 Å². The van der Waals surface area contributed by atoms with E-state index in [1.807, 2.05) is 6.07 Å². The maximum absolute atomic E-state index is 12.4. The number of alkyl halides is 2. The highest BCUT2D eigenvalue weighted by molar-refractivity contribution is 7.13. The summed E-state index contributed by atoms with van der Waals surface area (Å²) in [5, 5.41) is 2.81. The number of nitrogens with zero attached hydrogens (tertiary/aromatic N) is 1. The molecule has 0 saturated carbocycles. The number of hydrogen-bond acceptors (Lipinski definition) is 6. The standard InChI is InChI=1S/C19H14ClF2NO4S/c1-25-16-7-11(5-6-15(16)27-19(21)22)9-26-18(24)14-10-28-17(23-14)12-3-2-4-13(20)8-12/h2-8,10,19H,9H2,1H3. The summed E-state index contributed by atoms with van der Waals surface area (Å²) in [6.45, 7) is -3.04. The van der Waals surface area contributed by atoms with E-state index in [2.05, 4.69) is 9.72 Å². The van der Waals surface area contributed by atoms with Gasteiger partial charge >= 0.3 is 12.6 Å². The van der Waals surface area contributed by atoms with Gasteiger partial charge in [0.1, 0.15) is 11.6 Å². The molecule has 0 amide bonds. The highest BCUT2D eigenvalue weighted by atomic mass is 35.5. The minimum Gasteiger partial charge on any atom is -0.493 e. The van der Waals surface area contributed by atoms with E-state index in [9.17, 15) is 13.6 Å². The second-order valence-electron chi connectivity index (χ2n) is 5.49. The number of methoxy groups -OCH3 is 1. The quantitative estimate of drug-likeness (QED) is 0.472. The Hall–Kier alpha value is -2.71. The third-order valence-electron chi connectivity index (χ3n) is 3.60. The summed E-state index contributed by atoms with van der Waals surface area (Å²) in [6.07, 6.45) is 0. The van der Waals surface area contributed by atoms with Crippen molar-refractivity contribution in [3.63, 3.8) is 0 Å². The van der Waals surface area contributed by atoms with E-state index in [-0.39, 0.29) is 23.8 Å². The van der Waals surface area contributed by atoms with Crippen LogP contribution in [0.5, 0.6) is 11.5 Å². The smallest absolute Gasteiger partial charge is 0.387 e. The molecule has 0 atom stereocenters. The van der Waals surface area contributed by atoms with E-state index in [0.29, 0.717) is 15.6 Å². The van der Waals surface area contributed by atoms with Gasteiger partial charge in [0.2, 0.25) is 0 Å². The number of carbonyl (C=O) groups excluding carboxylic acids is 1. The highest BCUT2D eigenvalue weighted by Crippen LogP contribution is 2.30. The number of carbonyl (C=O) groups is 1. The predicted molar refractivity (Wildman–Crippen MR) is 101 cm³/mol. The summed E-state index contributed by atoms with van der Waals surface area (Å²) >= 11 is 7.27. The first-order valence-electron chi connectivity index (χ1n) is 7.96. The molecule has 28 heavy (non-hydrogen) atoms. The molecule has 0 aliphatic carbocycles. The molecule has 9 heteroatoms. The minimum atomic E-state index is -2.96.